The molecule has 1 amide bonds. The lowest BCUT2D eigenvalue weighted by Gasteiger charge is -2.21. The molecule has 6 nitrogen and oxygen atoms in total. The first-order valence-corrected chi connectivity index (χ1v) is 10.2. The number of carbonyl (C=O) groups excluding carboxylic acids is 1. The first kappa shape index (κ1) is 20.0. The van der Waals surface area contributed by atoms with Crippen molar-refractivity contribution in [1.29, 1.82) is 0 Å². The van der Waals surface area contributed by atoms with Crippen molar-refractivity contribution in [3.05, 3.63) is 52.7 Å². The first-order valence-electron chi connectivity index (χ1n) is 10.2. The van der Waals surface area contributed by atoms with E-state index in [4.69, 9.17) is 13.9 Å². The van der Waals surface area contributed by atoms with Crippen LogP contribution >= 0.6 is 0 Å². The van der Waals surface area contributed by atoms with Crippen LogP contribution in [0.3, 0.4) is 0 Å². The zero-order valence-corrected chi connectivity index (χ0v) is 17.2. The van der Waals surface area contributed by atoms with Gasteiger partial charge in [0, 0.05) is 5.92 Å². The number of amides is 1. The molecule has 1 saturated carbocycles. The first-order chi connectivity index (χ1) is 14.6. The number of methoxy groups -OCH3 is 2. The summed E-state index contributed by atoms with van der Waals surface area (Å²) in [5, 5.41) is 3.36. The van der Waals surface area contributed by atoms with E-state index in [1.54, 1.807) is 49.6 Å². The van der Waals surface area contributed by atoms with Crippen LogP contribution in [-0.2, 0) is 4.79 Å². The molecule has 0 saturated heterocycles. The van der Waals surface area contributed by atoms with Gasteiger partial charge in [-0.3, -0.25) is 14.9 Å². The summed E-state index contributed by atoms with van der Waals surface area (Å²) in [4.78, 5) is 26.3. The third-order valence-electron chi connectivity index (χ3n) is 5.68. The van der Waals surface area contributed by atoms with E-state index in [1.165, 1.54) is 7.11 Å². The fourth-order valence-corrected chi connectivity index (χ4v) is 4.06. The van der Waals surface area contributed by atoms with Crippen LogP contribution in [0.15, 0.2) is 51.7 Å². The molecule has 0 spiro atoms. The summed E-state index contributed by atoms with van der Waals surface area (Å²) in [5.74, 6) is 1.05. The van der Waals surface area contributed by atoms with Crippen molar-refractivity contribution in [2.45, 2.75) is 32.1 Å². The fourth-order valence-electron chi connectivity index (χ4n) is 4.06. The highest BCUT2D eigenvalue weighted by Crippen LogP contribution is 2.36. The molecule has 0 aliphatic heterocycles. The number of para-hydroxylation sites is 1. The minimum absolute atomic E-state index is 0.0613. The standard InChI is InChI=1S/C24H25NO5/c1-28-19-13-12-16(14-20(19)29-2)21-22(26)17-10-6-7-11-18(17)30-24(21)25-23(27)15-8-4-3-5-9-15/h6-7,10-15H,3-5,8-9H2,1-2H3,(H,25,27). The van der Waals surface area contributed by atoms with Crippen LogP contribution in [0.5, 0.6) is 11.5 Å². The highest BCUT2D eigenvalue weighted by molar-refractivity contribution is 5.97. The summed E-state index contributed by atoms with van der Waals surface area (Å²) >= 11 is 0. The Morgan fingerprint density at radius 1 is 1.00 bits per heavy atom. The molecule has 1 aliphatic rings. The fraction of sp³-hybridized carbons (Fsp3) is 0.333. The van der Waals surface area contributed by atoms with Gasteiger partial charge in [0.25, 0.3) is 0 Å². The predicted octanol–water partition coefficient (Wildman–Crippen LogP) is 5.00. The summed E-state index contributed by atoms with van der Waals surface area (Å²) in [6.45, 7) is 0. The number of fused-ring (bicyclic) bond motifs is 1. The van der Waals surface area contributed by atoms with Gasteiger partial charge in [0.2, 0.25) is 17.2 Å². The van der Waals surface area contributed by atoms with Gasteiger partial charge in [0.1, 0.15) is 5.58 Å². The van der Waals surface area contributed by atoms with Crippen LogP contribution in [0.25, 0.3) is 22.1 Å². The van der Waals surface area contributed by atoms with Gasteiger partial charge in [-0.1, -0.05) is 37.5 Å². The molecule has 0 unspecified atom stereocenters. The molecule has 1 heterocycles. The minimum Gasteiger partial charge on any atom is -0.493 e. The largest absolute Gasteiger partial charge is 0.493 e. The number of rotatable bonds is 5. The summed E-state index contributed by atoms with van der Waals surface area (Å²) in [7, 11) is 3.09. The highest BCUT2D eigenvalue weighted by atomic mass is 16.5. The molecular formula is C24H25NO5. The molecular weight excluding hydrogens is 382 g/mol. The Morgan fingerprint density at radius 3 is 2.47 bits per heavy atom. The van der Waals surface area contributed by atoms with Crippen LogP contribution < -0.4 is 20.2 Å². The number of nitrogens with one attached hydrogen (secondary N) is 1. The smallest absolute Gasteiger partial charge is 0.229 e. The van der Waals surface area contributed by atoms with Crippen LogP contribution in [0.1, 0.15) is 32.1 Å². The van der Waals surface area contributed by atoms with Gasteiger partial charge in [0.05, 0.1) is 25.2 Å². The zero-order chi connectivity index (χ0) is 21.1. The molecule has 1 aromatic heterocycles. The van der Waals surface area contributed by atoms with E-state index in [2.05, 4.69) is 5.32 Å². The van der Waals surface area contributed by atoms with Gasteiger partial charge < -0.3 is 13.9 Å². The molecule has 156 valence electrons. The summed E-state index contributed by atoms with van der Waals surface area (Å²) in [6.07, 6.45) is 4.96. The third-order valence-corrected chi connectivity index (χ3v) is 5.68. The summed E-state index contributed by atoms with van der Waals surface area (Å²) < 4.78 is 16.7. The quantitative estimate of drug-likeness (QED) is 0.644. The van der Waals surface area contributed by atoms with Crippen molar-refractivity contribution < 1.29 is 18.7 Å². The van der Waals surface area contributed by atoms with Crippen LogP contribution in [0.2, 0.25) is 0 Å². The van der Waals surface area contributed by atoms with Gasteiger partial charge in [-0.15, -0.1) is 0 Å². The van der Waals surface area contributed by atoms with Gasteiger partial charge in [-0.25, -0.2) is 0 Å². The lowest BCUT2D eigenvalue weighted by atomic mass is 9.88. The second kappa shape index (κ2) is 8.61. The predicted molar refractivity (Wildman–Crippen MR) is 116 cm³/mol. The second-order valence-electron chi connectivity index (χ2n) is 7.53. The summed E-state index contributed by atoms with van der Waals surface area (Å²) in [5.41, 5.74) is 1.12. The van der Waals surface area contributed by atoms with E-state index in [9.17, 15) is 9.59 Å². The normalized spacial score (nSPS) is 14.5. The number of benzene rings is 2. The number of anilines is 1. The van der Waals surface area contributed by atoms with Crippen molar-refractivity contribution in [3.63, 3.8) is 0 Å². The SMILES string of the molecule is COc1ccc(-c2c(NC(=O)C3CCCCC3)oc3ccccc3c2=O)cc1OC. The zero-order valence-electron chi connectivity index (χ0n) is 17.2. The Labute approximate surface area is 174 Å². The van der Waals surface area contributed by atoms with E-state index in [1.807, 2.05) is 0 Å². The van der Waals surface area contributed by atoms with Crippen molar-refractivity contribution in [3.8, 4) is 22.6 Å². The van der Waals surface area contributed by atoms with E-state index in [0.717, 1.165) is 32.1 Å². The van der Waals surface area contributed by atoms with Crippen LogP contribution in [0, 0.1) is 5.92 Å². The molecule has 0 atom stereocenters. The monoisotopic (exact) mass is 407 g/mol. The number of hydrogen-bond acceptors (Lipinski definition) is 5. The maximum atomic E-state index is 13.4. The lowest BCUT2D eigenvalue weighted by molar-refractivity contribution is -0.120. The van der Waals surface area contributed by atoms with E-state index >= 15 is 0 Å². The average molecular weight is 407 g/mol. The van der Waals surface area contributed by atoms with Crippen LogP contribution in [-0.4, -0.2) is 20.1 Å². The highest BCUT2D eigenvalue weighted by Gasteiger charge is 2.25. The van der Waals surface area contributed by atoms with E-state index < -0.39 is 0 Å². The Hall–Kier alpha value is -3.28. The number of ether oxygens (including phenoxy) is 2. The van der Waals surface area contributed by atoms with Crippen molar-refractivity contribution in [2.75, 3.05) is 19.5 Å². The molecule has 6 heteroatoms. The maximum absolute atomic E-state index is 13.4. The van der Waals surface area contributed by atoms with E-state index in [0.29, 0.717) is 33.6 Å². The molecule has 30 heavy (non-hydrogen) atoms. The van der Waals surface area contributed by atoms with Gasteiger partial charge in [-0.2, -0.15) is 0 Å². The lowest BCUT2D eigenvalue weighted by Crippen LogP contribution is -2.26. The Bertz CT molecular complexity index is 1130. The van der Waals surface area contributed by atoms with Crippen molar-refractivity contribution in [1.82, 2.24) is 0 Å². The van der Waals surface area contributed by atoms with Gasteiger partial charge >= 0.3 is 0 Å². The maximum Gasteiger partial charge on any atom is 0.229 e. The minimum atomic E-state index is -0.206. The Morgan fingerprint density at radius 2 is 1.73 bits per heavy atom. The van der Waals surface area contributed by atoms with Gasteiger partial charge in [-0.05, 0) is 42.7 Å². The molecule has 3 aromatic rings. The topological polar surface area (TPSA) is 77.8 Å². The third kappa shape index (κ3) is 3.77. The molecule has 4 rings (SSSR count). The molecule has 1 fully saturated rings. The number of carbonyl (C=O) groups is 1. The summed E-state index contributed by atoms with van der Waals surface area (Å²) in [6, 6.07) is 12.2. The van der Waals surface area contributed by atoms with Gasteiger partial charge in [0.15, 0.2) is 11.5 Å². The second-order valence-corrected chi connectivity index (χ2v) is 7.53. The molecule has 1 N–H and O–H groups in total. The van der Waals surface area contributed by atoms with E-state index in [-0.39, 0.29) is 23.1 Å². The Kier molecular flexibility index (Phi) is 5.74. The average Bonchev–Trinajstić information content (AvgIpc) is 2.79. The molecule has 2 aromatic carbocycles. The van der Waals surface area contributed by atoms with Crippen LogP contribution in [0.4, 0.5) is 5.88 Å². The Balaban J connectivity index is 1.84. The molecule has 1 aliphatic carbocycles. The molecule has 0 bridgehead atoms. The van der Waals surface area contributed by atoms with Crippen molar-refractivity contribution >= 4 is 22.8 Å². The van der Waals surface area contributed by atoms with Crippen molar-refractivity contribution in [2.24, 2.45) is 5.92 Å². The number of hydrogen-bond donors (Lipinski definition) is 1. The molecule has 0 radical (unpaired) electrons.